The van der Waals surface area contributed by atoms with E-state index in [9.17, 15) is 29.1 Å². The minimum Gasteiger partial charge on any atom is -0.480 e. The number of nitrogens with two attached hydrogens (primary N) is 3. The van der Waals surface area contributed by atoms with Crippen molar-refractivity contribution in [2.75, 3.05) is 25.4 Å². The molecule has 0 fully saturated rings. The normalized spacial score (nSPS) is 13.8. The van der Waals surface area contributed by atoms with Gasteiger partial charge >= 0.3 is 5.97 Å². The highest BCUT2D eigenvalue weighted by Gasteiger charge is 2.29. The summed E-state index contributed by atoms with van der Waals surface area (Å²) in [7, 11) is 0. The molecule has 0 unspecified atom stereocenters. The van der Waals surface area contributed by atoms with Crippen LogP contribution < -0.4 is 38.5 Å². The average Bonchev–Trinajstić information content (AvgIpc) is 2.93. The van der Waals surface area contributed by atoms with Crippen molar-refractivity contribution in [3.05, 3.63) is 35.9 Å². The minimum atomic E-state index is -1.20. The van der Waals surface area contributed by atoms with Crippen LogP contribution in [0.2, 0.25) is 0 Å². The van der Waals surface area contributed by atoms with Gasteiger partial charge in [-0.1, -0.05) is 18.2 Å². The van der Waals surface area contributed by atoms with E-state index in [1.165, 1.54) is 0 Å². The molecule has 39 heavy (non-hydrogen) atoms. The van der Waals surface area contributed by atoms with Crippen LogP contribution in [0.15, 0.2) is 30.3 Å². The first-order valence-electron chi connectivity index (χ1n) is 12.9. The van der Waals surface area contributed by atoms with Crippen molar-refractivity contribution in [2.24, 2.45) is 17.2 Å². The van der Waals surface area contributed by atoms with Gasteiger partial charge in [0.15, 0.2) is 0 Å². The van der Waals surface area contributed by atoms with Gasteiger partial charge in [-0.25, -0.2) is 4.79 Å². The lowest BCUT2D eigenvalue weighted by molar-refractivity contribution is -0.142. The van der Waals surface area contributed by atoms with Crippen LogP contribution in [-0.4, -0.2) is 84.3 Å². The van der Waals surface area contributed by atoms with Crippen molar-refractivity contribution in [3.63, 3.8) is 0 Å². The largest absolute Gasteiger partial charge is 0.480 e. The summed E-state index contributed by atoms with van der Waals surface area (Å²) in [4.78, 5) is 62.2. The molecule has 1 aromatic carbocycles. The maximum Gasteiger partial charge on any atom is 0.326 e. The number of aliphatic carboxylic acids is 1. The van der Waals surface area contributed by atoms with Crippen molar-refractivity contribution < 1.29 is 29.1 Å². The smallest absolute Gasteiger partial charge is 0.326 e. The Labute approximate surface area is 233 Å². The summed E-state index contributed by atoms with van der Waals surface area (Å²) in [5, 5.41) is 19.5. The Morgan fingerprint density at radius 1 is 0.769 bits per heavy atom. The molecule has 1 aromatic rings. The molecule has 4 amide bonds. The lowest BCUT2D eigenvalue weighted by Gasteiger charge is -2.24. The van der Waals surface area contributed by atoms with E-state index in [-0.39, 0.29) is 25.1 Å². The van der Waals surface area contributed by atoms with Crippen molar-refractivity contribution >= 4 is 42.2 Å². The van der Waals surface area contributed by atoms with Crippen LogP contribution in [0, 0.1) is 0 Å². The number of unbranched alkanes of at least 4 members (excludes halogenated alkanes) is 2. The lowest BCUT2D eigenvalue weighted by atomic mass is 10.1. The zero-order chi connectivity index (χ0) is 29.2. The van der Waals surface area contributed by atoms with Gasteiger partial charge in [0, 0.05) is 17.9 Å². The molecule has 4 atom stereocenters. The number of carboxylic acids is 1. The summed E-state index contributed by atoms with van der Waals surface area (Å²) >= 11 is 4.12. The molecule has 0 radical (unpaired) electrons. The van der Waals surface area contributed by atoms with E-state index in [0.717, 1.165) is 0 Å². The van der Waals surface area contributed by atoms with Crippen LogP contribution in [0.1, 0.15) is 48.9 Å². The van der Waals surface area contributed by atoms with E-state index in [1.807, 2.05) is 0 Å². The van der Waals surface area contributed by atoms with Crippen LogP contribution >= 0.6 is 12.6 Å². The van der Waals surface area contributed by atoms with Crippen molar-refractivity contribution in [2.45, 2.75) is 62.7 Å². The third-order valence-corrected chi connectivity index (χ3v) is 6.18. The highest BCUT2D eigenvalue weighted by Crippen LogP contribution is 2.05. The highest BCUT2D eigenvalue weighted by atomic mass is 32.1. The van der Waals surface area contributed by atoms with Crippen molar-refractivity contribution in [1.82, 2.24) is 21.3 Å². The topological polar surface area (TPSA) is 232 Å². The van der Waals surface area contributed by atoms with Crippen molar-refractivity contribution in [1.29, 1.82) is 0 Å². The van der Waals surface area contributed by atoms with E-state index in [4.69, 9.17) is 17.2 Å². The summed E-state index contributed by atoms with van der Waals surface area (Å²) < 4.78 is 0. The van der Waals surface area contributed by atoms with Gasteiger partial charge in [-0.15, -0.1) is 0 Å². The zero-order valence-electron chi connectivity index (χ0n) is 21.9. The molecule has 0 heterocycles. The molecule has 14 heteroatoms. The SMILES string of the molecule is NCCCC[C@H](NC(=O)[C@H](CS)NC(=O)[C@H](CCCCN)NC(=O)[C@@H](N)CNC(=O)c1ccccc1)C(=O)O. The number of hydrogen-bond donors (Lipinski definition) is 9. The molecule has 1 rings (SSSR count). The van der Waals surface area contributed by atoms with Crippen LogP contribution in [0.25, 0.3) is 0 Å². The molecular formula is C25H41N7O6S. The van der Waals surface area contributed by atoms with Crippen LogP contribution in [0.3, 0.4) is 0 Å². The molecule has 13 nitrogen and oxygen atoms in total. The Morgan fingerprint density at radius 2 is 1.28 bits per heavy atom. The van der Waals surface area contributed by atoms with Gasteiger partial charge in [0.2, 0.25) is 17.7 Å². The average molecular weight is 568 g/mol. The second-order valence-electron chi connectivity index (χ2n) is 8.96. The summed E-state index contributed by atoms with van der Waals surface area (Å²) in [6, 6.07) is 3.92. The summed E-state index contributed by atoms with van der Waals surface area (Å²) in [5.41, 5.74) is 17.3. The fraction of sp³-hybridized carbons (Fsp3) is 0.560. The van der Waals surface area contributed by atoms with Gasteiger partial charge in [-0.3, -0.25) is 19.2 Å². The summed E-state index contributed by atoms with van der Waals surface area (Å²) in [6.45, 7) is 0.616. The Balaban J connectivity index is 2.79. The molecule has 0 aliphatic carbocycles. The predicted octanol–water partition coefficient (Wildman–Crippen LogP) is -1.53. The third kappa shape index (κ3) is 12.9. The lowest BCUT2D eigenvalue weighted by Crippen LogP contribution is -2.58. The molecule has 11 N–H and O–H groups in total. The summed E-state index contributed by atoms with van der Waals surface area (Å²) in [5.74, 6) is -3.77. The summed E-state index contributed by atoms with van der Waals surface area (Å²) in [6.07, 6.45) is 2.62. The van der Waals surface area contributed by atoms with Gasteiger partial charge in [-0.2, -0.15) is 12.6 Å². The first kappa shape index (κ1) is 33.8. The van der Waals surface area contributed by atoms with Crippen LogP contribution in [-0.2, 0) is 19.2 Å². The van der Waals surface area contributed by atoms with Crippen LogP contribution in [0.5, 0.6) is 0 Å². The van der Waals surface area contributed by atoms with Gasteiger partial charge in [0.25, 0.3) is 5.91 Å². The van der Waals surface area contributed by atoms with Gasteiger partial charge < -0.3 is 43.6 Å². The molecule has 0 saturated carbocycles. The maximum absolute atomic E-state index is 13.0. The Kier molecular flexibility index (Phi) is 16.4. The molecule has 0 aliphatic heterocycles. The number of carboxylic acid groups (broad SMARTS) is 1. The third-order valence-electron chi connectivity index (χ3n) is 5.81. The van der Waals surface area contributed by atoms with E-state index >= 15 is 0 Å². The molecule has 0 saturated heterocycles. The van der Waals surface area contributed by atoms with E-state index in [1.54, 1.807) is 30.3 Å². The van der Waals surface area contributed by atoms with Gasteiger partial charge in [0.05, 0.1) is 0 Å². The number of nitrogens with one attached hydrogen (secondary N) is 4. The Morgan fingerprint density at radius 3 is 1.82 bits per heavy atom. The highest BCUT2D eigenvalue weighted by molar-refractivity contribution is 7.80. The van der Waals surface area contributed by atoms with Crippen molar-refractivity contribution in [3.8, 4) is 0 Å². The second kappa shape index (κ2) is 19.0. The second-order valence-corrected chi connectivity index (χ2v) is 9.32. The zero-order valence-corrected chi connectivity index (χ0v) is 22.8. The molecule has 0 aromatic heterocycles. The first-order chi connectivity index (χ1) is 18.6. The molecule has 0 aliphatic rings. The van der Waals surface area contributed by atoms with E-state index < -0.39 is 53.8 Å². The molecule has 0 spiro atoms. The number of benzene rings is 1. The monoisotopic (exact) mass is 567 g/mol. The van der Waals surface area contributed by atoms with Gasteiger partial charge in [-0.05, 0) is 63.7 Å². The Bertz CT molecular complexity index is 937. The predicted molar refractivity (Wildman–Crippen MR) is 150 cm³/mol. The fourth-order valence-electron chi connectivity index (χ4n) is 3.52. The molecule has 218 valence electrons. The number of amides is 4. The number of carbonyl (C=O) groups excluding carboxylic acids is 4. The van der Waals surface area contributed by atoms with Crippen LogP contribution in [0.4, 0.5) is 0 Å². The van der Waals surface area contributed by atoms with E-state index in [2.05, 4.69) is 33.9 Å². The first-order valence-corrected chi connectivity index (χ1v) is 13.5. The fourth-order valence-corrected chi connectivity index (χ4v) is 3.77. The number of thiol groups is 1. The molecular weight excluding hydrogens is 526 g/mol. The number of rotatable bonds is 19. The quantitative estimate of drug-likeness (QED) is 0.0696. The number of carbonyl (C=O) groups is 5. The number of hydrogen-bond acceptors (Lipinski definition) is 9. The Hall–Kier alpha value is -3.20. The standard InChI is InChI=1S/C25H41N7O6S/c26-12-6-4-10-18(30-22(34)17(28)14-29-21(33)16-8-2-1-3-9-16)23(35)32-20(15-39)24(36)31-19(25(37)38)11-5-7-13-27/h1-3,8-9,17-20,39H,4-7,10-15,26-28H2,(H,29,33)(H,30,34)(H,31,36)(H,32,35)(H,37,38)/t17-,18-,19-,20-/m0/s1. The van der Waals surface area contributed by atoms with E-state index in [0.29, 0.717) is 44.3 Å². The molecule has 0 bridgehead atoms. The minimum absolute atomic E-state index is 0.110. The van der Waals surface area contributed by atoms with Gasteiger partial charge in [0.1, 0.15) is 24.2 Å². The maximum atomic E-state index is 13.0.